The molecule has 0 aliphatic rings. The summed E-state index contributed by atoms with van der Waals surface area (Å²) in [6, 6.07) is 7.16. The molecule has 0 saturated carbocycles. The lowest BCUT2D eigenvalue weighted by Gasteiger charge is -2.29. The zero-order chi connectivity index (χ0) is 23.3. The van der Waals surface area contributed by atoms with E-state index in [0.29, 0.717) is 22.2 Å². The van der Waals surface area contributed by atoms with E-state index >= 15 is 0 Å². The van der Waals surface area contributed by atoms with Gasteiger partial charge in [0, 0.05) is 10.6 Å². The molecule has 0 fully saturated rings. The number of nitrogens with one attached hydrogen (secondary N) is 1. The molecule has 0 aliphatic carbocycles. The van der Waals surface area contributed by atoms with Crippen molar-refractivity contribution in [2.24, 2.45) is 5.41 Å². The van der Waals surface area contributed by atoms with Crippen LogP contribution in [0.3, 0.4) is 0 Å². The summed E-state index contributed by atoms with van der Waals surface area (Å²) in [6.45, 7) is 10.8. The summed E-state index contributed by atoms with van der Waals surface area (Å²) >= 11 is 6.06. The summed E-state index contributed by atoms with van der Waals surface area (Å²) in [7, 11) is -0.934. The molecule has 1 aromatic carbocycles. The SMILES string of the molecule is C[Si](C)OC(c1nc(Cn2ncc(NC(=O)OCc3ccccc3Cl)n2)co1)C(C)(C)C. The molecular weight excluding hydrogens is 450 g/mol. The number of anilines is 1. The van der Waals surface area contributed by atoms with Crippen LogP contribution in [0.2, 0.25) is 18.1 Å². The van der Waals surface area contributed by atoms with Gasteiger partial charge in [0.25, 0.3) is 0 Å². The summed E-state index contributed by atoms with van der Waals surface area (Å²) in [5.41, 5.74) is 1.21. The molecule has 0 saturated heterocycles. The zero-order valence-electron chi connectivity index (χ0n) is 18.8. The Labute approximate surface area is 193 Å². The fourth-order valence-corrected chi connectivity index (χ4v) is 3.94. The Hall–Kier alpha value is -2.69. The van der Waals surface area contributed by atoms with Crippen LogP contribution in [0.25, 0.3) is 0 Å². The van der Waals surface area contributed by atoms with Gasteiger partial charge in [-0.25, -0.2) is 9.78 Å². The molecule has 171 valence electrons. The Balaban J connectivity index is 1.57. The van der Waals surface area contributed by atoms with E-state index < -0.39 is 15.1 Å². The largest absolute Gasteiger partial charge is 0.446 e. The van der Waals surface area contributed by atoms with Crippen molar-refractivity contribution in [2.45, 2.75) is 53.1 Å². The second-order valence-corrected chi connectivity index (χ2v) is 11.0. The van der Waals surface area contributed by atoms with Gasteiger partial charge in [-0.05, 0) is 24.6 Å². The first kappa shape index (κ1) is 24.0. The number of hydrogen-bond acceptors (Lipinski definition) is 7. The van der Waals surface area contributed by atoms with Crippen molar-refractivity contribution in [3.63, 3.8) is 0 Å². The third-order valence-corrected chi connectivity index (χ3v) is 5.40. The van der Waals surface area contributed by atoms with Gasteiger partial charge in [-0.1, -0.05) is 50.6 Å². The lowest BCUT2D eigenvalue weighted by molar-refractivity contribution is 0.0612. The molecule has 11 heteroatoms. The monoisotopic (exact) mass is 476 g/mol. The van der Waals surface area contributed by atoms with Gasteiger partial charge in [0.05, 0.1) is 6.20 Å². The average Bonchev–Trinajstić information content (AvgIpc) is 3.34. The minimum absolute atomic E-state index is 0.0524. The Bertz CT molecular complexity index is 1050. The average molecular weight is 477 g/mol. The van der Waals surface area contributed by atoms with E-state index in [4.69, 9.17) is 25.2 Å². The highest BCUT2D eigenvalue weighted by Gasteiger charge is 2.32. The van der Waals surface area contributed by atoms with Crippen LogP contribution >= 0.6 is 11.6 Å². The molecule has 2 aromatic heterocycles. The summed E-state index contributed by atoms with van der Waals surface area (Å²) in [6.07, 6.45) is 2.11. The van der Waals surface area contributed by atoms with Crippen molar-refractivity contribution < 1.29 is 18.4 Å². The molecule has 9 nitrogen and oxygen atoms in total. The first-order valence-electron chi connectivity index (χ1n) is 10.1. The van der Waals surface area contributed by atoms with E-state index in [2.05, 4.69) is 54.4 Å². The second kappa shape index (κ2) is 10.3. The van der Waals surface area contributed by atoms with Crippen molar-refractivity contribution in [3.05, 3.63) is 58.9 Å². The van der Waals surface area contributed by atoms with Crippen LogP contribution in [-0.2, 0) is 22.3 Å². The third kappa shape index (κ3) is 6.65. The van der Waals surface area contributed by atoms with Gasteiger partial charge in [0.2, 0.25) is 14.9 Å². The van der Waals surface area contributed by atoms with Crippen LogP contribution < -0.4 is 5.32 Å². The fraction of sp³-hybridized carbons (Fsp3) is 0.429. The molecule has 2 heterocycles. The molecule has 3 rings (SSSR count). The van der Waals surface area contributed by atoms with Gasteiger partial charge < -0.3 is 13.6 Å². The molecular formula is C21H27ClN5O4Si. The lowest BCUT2D eigenvalue weighted by atomic mass is 9.89. The number of amides is 1. The van der Waals surface area contributed by atoms with Gasteiger partial charge in [0.15, 0.2) is 5.82 Å². The number of oxazole rings is 1. The molecule has 0 bridgehead atoms. The zero-order valence-corrected chi connectivity index (χ0v) is 20.5. The molecule has 1 atom stereocenters. The van der Waals surface area contributed by atoms with Crippen LogP contribution in [-0.4, -0.2) is 35.1 Å². The maximum absolute atomic E-state index is 12.0. The maximum Gasteiger partial charge on any atom is 0.413 e. The van der Waals surface area contributed by atoms with E-state index in [0.717, 1.165) is 0 Å². The maximum atomic E-state index is 12.0. The van der Waals surface area contributed by atoms with Crippen LogP contribution in [0.4, 0.5) is 10.6 Å². The van der Waals surface area contributed by atoms with E-state index in [1.165, 1.54) is 11.0 Å². The number of benzene rings is 1. The Kier molecular flexibility index (Phi) is 7.70. The van der Waals surface area contributed by atoms with Crippen LogP contribution in [0.1, 0.15) is 44.0 Å². The molecule has 0 aliphatic heterocycles. The Morgan fingerprint density at radius 3 is 2.75 bits per heavy atom. The quantitative estimate of drug-likeness (QED) is 0.452. The minimum Gasteiger partial charge on any atom is -0.446 e. The summed E-state index contributed by atoms with van der Waals surface area (Å²) in [5, 5.41) is 11.5. The highest BCUT2D eigenvalue weighted by Crippen LogP contribution is 2.36. The van der Waals surface area contributed by atoms with E-state index in [-0.39, 0.29) is 30.5 Å². The third-order valence-electron chi connectivity index (χ3n) is 4.32. The van der Waals surface area contributed by atoms with Gasteiger partial charge in [-0.3, -0.25) is 5.32 Å². The van der Waals surface area contributed by atoms with Gasteiger partial charge in [-0.15, -0.1) is 5.10 Å². The number of carbonyl (C=O) groups is 1. The number of rotatable bonds is 8. The van der Waals surface area contributed by atoms with E-state index in [9.17, 15) is 4.79 Å². The number of halogens is 1. The van der Waals surface area contributed by atoms with Gasteiger partial charge in [0.1, 0.15) is 31.2 Å². The Morgan fingerprint density at radius 1 is 1.31 bits per heavy atom. The van der Waals surface area contributed by atoms with Crippen molar-refractivity contribution >= 4 is 32.6 Å². The molecule has 0 spiro atoms. The normalized spacial score (nSPS) is 12.7. The van der Waals surface area contributed by atoms with Crippen molar-refractivity contribution in [3.8, 4) is 0 Å². The number of nitrogens with zero attached hydrogens (tertiary/aromatic N) is 4. The summed E-state index contributed by atoms with van der Waals surface area (Å²) < 4.78 is 17.0. The lowest BCUT2D eigenvalue weighted by Crippen LogP contribution is -2.26. The molecule has 32 heavy (non-hydrogen) atoms. The molecule has 1 radical (unpaired) electrons. The highest BCUT2D eigenvalue weighted by molar-refractivity contribution is 6.48. The second-order valence-electron chi connectivity index (χ2n) is 8.50. The van der Waals surface area contributed by atoms with Gasteiger partial charge in [-0.2, -0.15) is 9.90 Å². The molecule has 1 N–H and O–H groups in total. The summed E-state index contributed by atoms with van der Waals surface area (Å²) in [4.78, 5) is 18.0. The topological polar surface area (TPSA) is 104 Å². The van der Waals surface area contributed by atoms with Crippen molar-refractivity contribution in [1.82, 2.24) is 20.0 Å². The van der Waals surface area contributed by atoms with Crippen LogP contribution in [0, 0.1) is 5.41 Å². The van der Waals surface area contributed by atoms with Crippen molar-refractivity contribution in [1.29, 1.82) is 0 Å². The van der Waals surface area contributed by atoms with Crippen LogP contribution in [0.15, 0.2) is 41.1 Å². The number of ether oxygens (including phenoxy) is 1. The minimum atomic E-state index is -0.934. The van der Waals surface area contributed by atoms with Crippen LogP contribution in [0.5, 0.6) is 0 Å². The van der Waals surface area contributed by atoms with E-state index in [1.54, 1.807) is 18.4 Å². The standard InChI is InChI=1S/C21H27ClN5O4Si/c1-21(2,3)18(31-32(4)5)19-24-15(13-29-19)11-27-23-10-17(26-27)25-20(28)30-12-14-8-6-7-9-16(14)22/h6-10,13,18H,11-12H2,1-5H3,(H,25,26,28). The number of aromatic nitrogens is 4. The molecule has 3 aromatic rings. The predicted molar refractivity (Wildman–Crippen MR) is 122 cm³/mol. The first-order valence-corrected chi connectivity index (χ1v) is 12.9. The van der Waals surface area contributed by atoms with Gasteiger partial charge >= 0.3 is 6.09 Å². The fourth-order valence-electron chi connectivity index (χ4n) is 2.82. The first-order chi connectivity index (χ1) is 15.1. The summed E-state index contributed by atoms with van der Waals surface area (Å²) in [5.74, 6) is 0.797. The molecule has 1 unspecified atom stereocenters. The number of hydrogen-bond donors (Lipinski definition) is 1. The highest BCUT2D eigenvalue weighted by atomic mass is 35.5. The number of carbonyl (C=O) groups excluding carboxylic acids is 1. The predicted octanol–water partition coefficient (Wildman–Crippen LogP) is 5.07. The Morgan fingerprint density at radius 2 is 2.06 bits per heavy atom. The van der Waals surface area contributed by atoms with E-state index in [1.807, 2.05) is 12.1 Å². The smallest absolute Gasteiger partial charge is 0.413 e. The molecule has 1 amide bonds. The van der Waals surface area contributed by atoms with Crippen molar-refractivity contribution in [2.75, 3.05) is 5.32 Å².